The van der Waals surface area contributed by atoms with Crippen molar-refractivity contribution < 1.29 is 42.0 Å². The molecule has 0 aliphatic carbocycles. The van der Waals surface area contributed by atoms with E-state index in [-0.39, 0.29) is 43.9 Å². The molecule has 31 heavy (non-hydrogen) atoms. The van der Waals surface area contributed by atoms with E-state index in [1.165, 1.54) is 17.2 Å². The number of nitrogens with zero attached hydrogens (tertiary/aromatic N) is 1. The van der Waals surface area contributed by atoms with Crippen LogP contribution in [0.15, 0.2) is 12.3 Å². The van der Waals surface area contributed by atoms with Gasteiger partial charge in [0, 0.05) is 6.20 Å². The quantitative estimate of drug-likeness (QED) is 0.335. The number of esters is 1. The zero-order valence-electron chi connectivity index (χ0n) is 18.0. The van der Waals surface area contributed by atoms with Gasteiger partial charge in [-0.25, -0.2) is 4.57 Å². The van der Waals surface area contributed by atoms with E-state index in [1.807, 2.05) is 0 Å². The molecule has 1 unspecified atom stereocenters. The lowest BCUT2D eigenvalue weighted by Crippen LogP contribution is -2.60. The van der Waals surface area contributed by atoms with Crippen LogP contribution in [0, 0.1) is 5.92 Å². The fourth-order valence-electron chi connectivity index (χ4n) is 3.56. The van der Waals surface area contributed by atoms with Crippen molar-refractivity contribution in [2.75, 3.05) is 13.2 Å². The normalized spacial score (nSPS) is 36.6. The van der Waals surface area contributed by atoms with E-state index in [0.29, 0.717) is 0 Å². The third-order valence-electron chi connectivity index (χ3n) is 5.27. The third-order valence-corrected chi connectivity index (χ3v) is 6.72. The number of ether oxygens (including phenoxy) is 2. The number of hydrogen-bond acceptors (Lipinski definition) is 10. The fraction of sp³-hybridized carbons (Fsp3) is 0.737. The number of hydrogen-bond donors (Lipinski definition) is 1. The SMILES string of the molecule is CC(C)OC(=O)C(C)CCO[P@@]1(=O)OC[C@H]2O[C@@H](N3C=CC(=O)CC3=O)[C@](C)(N)[C@@H]2O1. The van der Waals surface area contributed by atoms with Crippen LogP contribution in [0.4, 0.5) is 0 Å². The molecule has 0 aromatic carbocycles. The zero-order chi connectivity index (χ0) is 23.0. The molecule has 2 N–H and O–H groups in total. The van der Waals surface area contributed by atoms with Gasteiger partial charge < -0.3 is 15.2 Å². The molecule has 1 amide bonds. The molecular formula is C19H29N2O9P. The van der Waals surface area contributed by atoms with E-state index in [9.17, 15) is 18.9 Å². The Hall–Kier alpha value is -1.62. The van der Waals surface area contributed by atoms with Gasteiger partial charge in [-0.3, -0.25) is 32.9 Å². The van der Waals surface area contributed by atoms with Crippen LogP contribution in [0.25, 0.3) is 0 Å². The second-order valence-corrected chi connectivity index (χ2v) is 10.1. The Labute approximate surface area is 180 Å². The molecular weight excluding hydrogens is 431 g/mol. The van der Waals surface area contributed by atoms with E-state index in [0.717, 1.165) is 0 Å². The van der Waals surface area contributed by atoms with Crippen molar-refractivity contribution in [1.82, 2.24) is 4.90 Å². The number of allylic oxidation sites excluding steroid dienone is 1. The van der Waals surface area contributed by atoms with Gasteiger partial charge in [0.1, 0.15) is 12.2 Å². The minimum Gasteiger partial charge on any atom is -0.463 e. The van der Waals surface area contributed by atoms with Crippen molar-refractivity contribution in [3.05, 3.63) is 12.3 Å². The number of amides is 1. The average Bonchev–Trinajstić information content (AvgIpc) is 2.91. The Morgan fingerprint density at radius 1 is 1.39 bits per heavy atom. The lowest BCUT2D eigenvalue weighted by atomic mass is 9.92. The molecule has 0 aromatic heterocycles. The highest BCUT2D eigenvalue weighted by Crippen LogP contribution is 2.57. The lowest BCUT2D eigenvalue weighted by Gasteiger charge is -2.38. The summed E-state index contributed by atoms with van der Waals surface area (Å²) in [5.74, 6) is -1.58. The highest BCUT2D eigenvalue weighted by Gasteiger charge is 2.60. The Morgan fingerprint density at radius 2 is 2.10 bits per heavy atom. The van der Waals surface area contributed by atoms with Crippen molar-refractivity contribution in [2.24, 2.45) is 11.7 Å². The highest BCUT2D eigenvalue weighted by molar-refractivity contribution is 7.48. The van der Waals surface area contributed by atoms with E-state index < -0.39 is 43.6 Å². The molecule has 0 aromatic rings. The third kappa shape index (κ3) is 5.24. The molecule has 0 spiro atoms. The van der Waals surface area contributed by atoms with Gasteiger partial charge in [-0.2, -0.15) is 0 Å². The van der Waals surface area contributed by atoms with Gasteiger partial charge in [0.05, 0.1) is 37.2 Å². The molecule has 3 aliphatic rings. The van der Waals surface area contributed by atoms with Gasteiger partial charge in [0.25, 0.3) is 0 Å². The summed E-state index contributed by atoms with van der Waals surface area (Å²) in [6, 6.07) is 0. The van der Waals surface area contributed by atoms with Crippen LogP contribution < -0.4 is 5.73 Å². The minimum atomic E-state index is -3.96. The summed E-state index contributed by atoms with van der Waals surface area (Å²) in [7, 11) is -3.96. The van der Waals surface area contributed by atoms with Gasteiger partial charge in [-0.1, -0.05) is 6.92 Å². The molecule has 3 heterocycles. The topological polar surface area (TPSA) is 144 Å². The van der Waals surface area contributed by atoms with Crippen molar-refractivity contribution in [1.29, 1.82) is 0 Å². The second-order valence-electron chi connectivity index (χ2n) is 8.43. The number of nitrogens with two attached hydrogens (primary N) is 1. The summed E-state index contributed by atoms with van der Waals surface area (Å²) in [4.78, 5) is 36.8. The van der Waals surface area contributed by atoms with Crippen LogP contribution in [0.1, 0.15) is 40.5 Å². The van der Waals surface area contributed by atoms with E-state index in [2.05, 4.69) is 0 Å². The number of rotatable bonds is 7. The Balaban J connectivity index is 1.61. The number of carbonyl (C=O) groups excluding carboxylic acids is 3. The number of carbonyl (C=O) groups is 3. The molecule has 6 atom stereocenters. The molecule has 0 saturated carbocycles. The summed E-state index contributed by atoms with van der Waals surface area (Å²) < 4.78 is 40.2. The van der Waals surface area contributed by atoms with Crippen LogP contribution in [-0.2, 0) is 42.0 Å². The van der Waals surface area contributed by atoms with Crippen LogP contribution in [0.5, 0.6) is 0 Å². The molecule has 3 aliphatic heterocycles. The first-order chi connectivity index (χ1) is 14.4. The first-order valence-electron chi connectivity index (χ1n) is 10.2. The molecule has 11 nitrogen and oxygen atoms in total. The first-order valence-corrected chi connectivity index (χ1v) is 11.6. The van der Waals surface area contributed by atoms with Gasteiger partial charge in [-0.15, -0.1) is 0 Å². The molecule has 3 rings (SSSR count). The van der Waals surface area contributed by atoms with Crippen molar-refractivity contribution in [3.8, 4) is 0 Å². The fourth-order valence-corrected chi connectivity index (χ4v) is 5.06. The van der Waals surface area contributed by atoms with Crippen LogP contribution >= 0.6 is 7.82 Å². The molecule has 2 saturated heterocycles. The largest absolute Gasteiger partial charge is 0.475 e. The smallest absolute Gasteiger partial charge is 0.463 e. The number of phosphoric acid groups is 1. The summed E-state index contributed by atoms with van der Waals surface area (Å²) in [5.41, 5.74) is 5.18. The zero-order valence-corrected chi connectivity index (χ0v) is 18.9. The lowest BCUT2D eigenvalue weighted by molar-refractivity contribution is -0.152. The summed E-state index contributed by atoms with van der Waals surface area (Å²) in [5, 5.41) is 0. The van der Waals surface area contributed by atoms with Crippen LogP contribution in [0.3, 0.4) is 0 Å². The maximum Gasteiger partial charge on any atom is 0.475 e. The van der Waals surface area contributed by atoms with Crippen molar-refractivity contribution >= 4 is 25.5 Å². The molecule has 2 fully saturated rings. The van der Waals surface area contributed by atoms with Crippen molar-refractivity contribution in [2.45, 2.75) is 70.6 Å². The minimum absolute atomic E-state index is 0.0515. The predicted octanol–water partition coefficient (Wildman–Crippen LogP) is 1.26. The Bertz CT molecular complexity index is 812. The van der Waals surface area contributed by atoms with E-state index in [1.54, 1.807) is 27.7 Å². The number of fused-ring (bicyclic) bond motifs is 1. The average molecular weight is 460 g/mol. The highest BCUT2D eigenvalue weighted by atomic mass is 31.2. The van der Waals surface area contributed by atoms with Crippen LogP contribution in [-0.4, -0.2) is 65.9 Å². The van der Waals surface area contributed by atoms with Gasteiger partial charge >= 0.3 is 13.8 Å². The van der Waals surface area contributed by atoms with E-state index in [4.69, 9.17) is 28.8 Å². The summed E-state index contributed by atoms with van der Waals surface area (Å²) in [6.45, 7) is 6.64. The second kappa shape index (κ2) is 9.09. The van der Waals surface area contributed by atoms with Crippen LogP contribution in [0.2, 0.25) is 0 Å². The first kappa shape index (κ1) is 24.0. The Morgan fingerprint density at radius 3 is 2.74 bits per heavy atom. The number of phosphoric ester groups is 1. The maximum absolute atomic E-state index is 12.9. The predicted molar refractivity (Wildman–Crippen MR) is 106 cm³/mol. The van der Waals surface area contributed by atoms with Gasteiger partial charge in [-0.05, 0) is 33.3 Å². The van der Waals surface area contributed by atoms with E-state index >= 15 is 0 Å². The maximum atomic E-state index is 12.9. The molecule has 0 radical (unpaired) electrons. The summed E-state index contributed by atoms with van der Waals surface area (Å²) >= 11 is 0. The molecule has 0 bridgehead atoms. The monoisotopic (exact) mass is 460 g/mol. The van der Waals surface area contributed by atoms with Crippen molar-refractivity contribution in [3.63, 3.8) is 0 Å². The Kier molecular flexibility index (Phi) is 7.05. The molecule has 12 heteroatoms. The van der Waals surface area contributed by atoms with Gasteiger partial charge in [0.2, 0.25) is 5.91 Å². The number of ketones is 1. The molecule has 174 valence electrons. The summed E-state index contributed by atoms with van der Waals surface area (Å²) in [6.07, 6.45) is -0.123. The van der Waals surface area contributed by atoms with Gasteiger partial charge in [0.15, 0.2) is 12.0 Å². The standard InChI is InChI=1S/C19H29N2O9P/c1-11(2)28-17(24)12(3)6-8-26-31(25)27-10-14-16(30-31)19(4,20)18(29-14)21-7-5-13(22)9-15(21)23/h5,7,11-12,14,16,18H,6,8-10,20H2,1-4H3/t12?,14-,16-,18-,19-,31+/m1/s1.